The third kappa shape index (κ3) is 8.23. The van der Waals surface area contributed by atoms with Crippen molar-refractivity contribution in [2.45, 2.75) is 26.3 Å². The van der Waals surface area contributed by atoms with Gasteiger partial charge in [-0.15, -0.1) is 0 Å². The zero-order valence-corrected chi connectivity index (χ0v) is 21.2. The summed E-state index contributed by atoms with van der Waals surface area (Å²) in [5.74, 6) is 0.240. The first-order valence-electron chi connectivity index (χ1n) is 11.8. The Bertz CT molecular complexity index is 1060. The maximum Gasteiger partial charge on any atom is 0.308 e. The minimum absolute atomic E-state index is 0.0401. The van der Waals surface area contributed by atoms with Gasteiger partial charge in [-0.05, 0) is 48.5 Å². The molecule has 0 aliphatic carbocycles. The van der Waals surface area contributed by atoms with Crippen LogP contribution >= 0.6 is 12.2 Å². The second-order valence-corrected chi connectivity index (χ2v) is 8.96. The zero-order valence-electron chi connectivity index (χ0n) is 20.4. The molecule has 1 heterocycles. The third-order valence-corrected chi connectivity index (χ3v) is 5.55. The molecule has 2 aromatic rings. The second-order valence-electron chi connectivity index (χ2n) is 8.58. The van der Waals surface area contributed by atoms with Gasteiger partial charge < -0.3 is 24.4 Å². The highest BCUT2D eigenvalue weighted by atomic mass is 32.1. The van der Waals surface area contributed by atoms with Crippen LogP contribution in [0, 0.1) is 5.92 Å². The van der Waals surface area contributed by atoms with E-state index in [9.17, 15) is 14.4 Å². The lowest BCUT2D eigenvalue weighted by Crippen LogP contribution is -2.60. The van der Waals surface area contributed by atoms with Gasteiger partial charge in [-0.25, -0.2) is 0 Å². The molecule has 0 saturated carbocycles. The molecule has 0 bridgehead atoms. The average Bonchev–Trinajstić information content (AvgIpc) is 2.87. The summed E-state index contributed by atoms with van der Waals surface area (Å²) in [7, 11) is 0. The van der Waals surface area contributed by atoms with E-state index in [1.165, 1.54) is 4.90 Å². The van der Waals surface area contributed by atoms with Crippen LogP contribution in [0.5, 0.6) is 11.5 Å². The molecule has 3 rings (SSSR count). The fraction of sp³-hybridized carbons (Fsp3) is 0.385. The zero-order chi connectivity index (χ0) is 25.9. The number of carbonyl (C=O) groups is 3. The van der Waals surface area contributed by atoms with Gasteiger partial charge >= 0.3 is 5.97 Å². The predicted octanol–water partition coefficient (Wildman–Crippen LogP) is 2.55. The number of piperazine rings is 1. The lowest BCUT2D eigenvalue weighted by molar-refractivity contribution is -0.148. The first-order valence-corrected chi connectivity index (χ1v) is 12.2. The van der Waals surface area contributed by atoms with E-state index < -0.39 is 17.9 Å². The van der Waals surface area contributed by atoms with Gasteiger partial charge in [0.15, 0.2) is 5.11 Å². The van der Waals surface area contributed by atoms with Crippen molar-refractivity contribution in [2.75, 3.05) is 32.9 Å². The molecule has 1 atom stereocenters. The van der Waals surface area contributed by atoms with Crippen LogP contribution in [0.25, 0.3) is 0 Å². The van der Waals surface area contributed by atoms with Gasteiger partial charge in [0.2, 0.25) is 5.91 Å². The molecule has 10 heteroatoms. The van der Waals surface area contributed by atoms with E-state index in [1.807, 2.05) is 32.0 Å². The van der Waals surface area contributed by atoms with Crippen LogP contribution in [0.3, 0.4) is 0 Å². The highest BCUT2D eigenvalue weighted by Crippen LogP contribution is 2.16. The molecule has 192 valence electrons. The van der Waals surface area contributed by atoms with Gasteiger partial charge in [0.05, 0.1) is 13.0 Å². The summed E-state index contributed by atoms with van der Waals surface area (Å²) >= 11 is 5.42. The number of hydrogen-bond acceptors (Lipinski definition) is 7. The molecule has 0 aromatic heterocycles. The predicted molar refractivity (Wildman–Crippen MR) is 138 cm³/mol. The Labute approximate surface area is 216 Å². The maximum absolute atomic E-state index is 12.8. The van der Waals surface area contributed by atoms with E-state index in [2.05, 4.69) is 10.6 Å². The highest BCUT2D eigenvalue weighted by molar-refractivity contribution is 7.80. The number of nitrogens with one attached hydrogen (secondary N) is 2. The molecule has 0 spiro atoms. The first kappa shape index (κ1) is 26.9. The van der Waals surface area contributed by atoms with Gasteiger partial charge in [0.1, 0.15) is 30.8 Å². The smallest absolute Gasteiger partial charge is 0.308 e. The fourth-order valence-electron chi connectivity index (χ4n) is 3.44. The Morgan fingerprint density at radius 3 is 2.58 bits per heavy atom. The number of esters is 1. The van der Waals surface area contributed by atoms with Crippen molar-refractivity contribution in [3.8, 4) is 11.5 Å². The van der Waals surface area contributed by atoms with Gasteiger partial charge in [0, 0.05) is 18.7 Å². The first-order chi connectivity index (χ1) is 17.3. The molecule has 1 saturated heterocycles. The van der Waals surface area contributed by atoms with Gasteiger partial charge in [-0.1, -0.05) is 38.1 Å². The van der Waals surface area contributed by atoms with Gasteiger partial charge in [-0.3, -0.25) is 19.7 Å². The molecule has 1 fully saturated rings. The van der Waals surface area contributed by atoms with E-state index in [-0.39, 0.29) is 30.7 Å². The molecule has 9 nitrogen and oxygen atoms in total. The van der Waals surface area contributed by atoms with Crippen LogP contribution in [-0.2, 0) is 14.3 Å². The minimum Gasteiger partial charge on any atom is -0.493 e. The molecular formula is C26H31N3O6S. The van der Waals surface area contributed by atoms with E-state index in [0.29, 0.717) is 42.7 Å². The minimum atomic E-state index is -0.894. The topological polar surface area (TPSA) is 106 Å². The molecule has 1 unspecified atom stereocenters. The van der Waals surface area contributed by atoms with E-state index in [1.54, 1.807) is 36.4 Å². The number of nitrogens with zero attached hydrogens (tertiary/aromatic N) is 1. The summed E-state index contributed by atoms with van der Waals surface area (Å²) < 4.78 is 16.4. The molecule has 2 amide bonds. The lowest BCUT2D eigenvalue weighted by atomic mass is 10.1. The summed E-state index contributed by atoms with van der Waals surface area (Å²) in [6.45, 7) is 5.51. The summed E-state index contributed by atoms with van der Waals surface area (Å²) in [5, 5.41) is 5.45. The van der Waals surface area contributed by atoms with Crippen LogP contribution in [0.15, 0.2) is 54.6 Å². The number of thiocarbonyl (C=S) groups is 1. The highest BCUT2D eigenvalue weighted by Gasteiger charge is 2.34. The number of hydrogen-bond donors (Lipinski definition) is 2. The Balaban J connectivity index is 1.53. The monoisotopic (exact) mass is 513 g/mol. The van der Waals surface area contributed by atoms with Crippen molar-refractivity contribution in [3.63, 3.8) is 0 Å². The van der Waals surface area contributed by atoms with Gasteiger partial charge in [0.25, 0.3) is 5.91 Å². The van der Waals surface area contributed by atoms with Crippen molar-refractivity contribution in [1.82, 2.24) is 15.5 Å². The number of carbonyl (C=O) groups excluding carboxylic acids is 3. The second kappa shape index (κ2) is 13.4. The Kier molecular flexibility index (Phi) is 10.1. The summed E-state index contributed by atoms with van der Waals surface area (Å²) in [6.07, 6.45) is -0.217. The van der Waals surface area contributed by atoms with E-state index >= 15 is 0 Å². The van der Waals surface area contributed by atoms with Crippen molar-refractivity contribution in [1.29, 1.82) is 0 Å². The van der Waals surface area contributed by atoms with Crippen LogP contribution < -0.4 is 20.1 Å². The number of ether oxygens (including phenoxy) is 3. The quantitative estimate of drug-likeness (QED) is 0.284. The van der Waals surface area contributed by atoms with Gasteiger partial charge in [-0.2, -0.15) is 0 Å². The van der Waals surface area contributed by atoms with Crippen molar-refractivity contribution in [2.24, 2.45) is 5.92 Å². The Morgan fingerprint density at radius 2 is 1.83 bits per heavy atom. The number of amides is 2. The van der Waals surface area contributed by atoms with Crippen molar-refractivity contribution in [3.05, 3.63) is 60.2 Å². The largest absolute Gasteiger partial charge is 0.493 e. The molecule has 36 heavy (non-hydrogen) atoms. The average molecular weight is 514 g/mol. The number of para-hydroxylation sites is 1. The normalized spacial score (nSPS) is 15.1. The Hall–Kier alpha value is -3.66. The molecule has 1 aliphatic heterocycles. The molecular weight excluding hydrogens is 482 g/mol. The van der Waals surface area contributed by atoms with Crippen LogP contribution in [0.1, 0.15) is 30.6 Å². The molecule has 2 aromatic carbocycles. The fourth-order valence-corrected chi connectivity index (χ4v) is 3.75. The summed E-state index contributed by atoms with van der Waals surface area (Å²) in [5.41, 5.74) is 0.370. The molecule has 1 aliphatic rings. The van der Waals surface area contributed by atoms with Crippen molar-refractivity contribution < 1.29 is 28.6 Å². The van der Waals surface area contributed by atoms with E-state index in [0.717, 1.165) is 0 Å². The summed E-state index contributed by atoms with van der Waals surface area (Å²) in [4.78, 5) is 39.2. The molecule has 2 N–H and O–H groups in total. The standard InChI is InChI=1S/C26H31N3O6S/c1-18(2)17-35-21-10-6-7-19(15-21)24(31)28-26(36)29-12-11-27-25(32)22(29)16-23(30)34-14-13-33-20-8-4-3-5-9-20/h3-10,15,18,22H,11-14,16-17H2,1-2H3,(H,27,32)(H,28,31,36). The van der Waals surface area contributed by atoms with Crippen LogP contribution in [0.2, 0.25) is 0 Å². The summed E-state index contributed by atoms with van der Waals surface area (Å²) in [6, 6.07) is 15.1. The van der Waals surface area contributed by atoms with Crippen LogP contribution in [0.4, 0.5) is 0 Å². The maximum atomic E-state index is 12.8. The number of benzene rings is 2. The Morgan fingerprint density at radius 1 is 1.08 bits per heavy atom. The van der Waals surface area contributed by atoms with Crippen molar-refractivity contribution >= 4 is 35.1 Å². The lowest BCUT2D eigenvalue weighted by Gasteiger charge is -2.36. The number of rotatable bonds is 10. The van der Waals surface area contributed by atoms with Crippen LogP contribution in [-0.4, -0.2) is 66.7 Å². The van der Waals surface area contributed by atoms with E-state index in [4.69, 9.17) is 26.4 Å². The third-order valence-electron chi connectivity index (χ3n) is 5.21. The SMILES string of the molecule is CC(C)COc1cccc(C(=O)NC(=S)N2CCNC(=O)C2CC(=O)OCCOc2ccccc2)c1. The molecule has 0 radical (unpaired) electrons.